The van der Waals surface area contributed by atoms with Crippen molar-refractivity contribution in [1.82, 2.24) is 5.32 Å². The number of non-ortho nitro benzene ring substituents is 1. The number of nitro groups is 1. The summed E-state index contributed by atoms with van der Waals surface area (Å²) in [6.07, 6.45) is 3.58. The quantitative estimate of drug-likeness (QED) is 0.631. The predicted molar refractivity (Wildman–Crippen MR) is 103 cm³/mol. The van der Waals surface area contributed by atoms with Crippen molar-refractivity contribution in [2.75, 3.05) is 13.2 Å². The number of hydrogen-bond donors (Lipinski definition) is 1. The van der Waals surface area contributed by atoms with E-state index >= 15 is 0 Å². The number of nitrogens with one attached hydrogen (secondary N) is 1. The molecule has 0 atom stereocenters. The van der Waals surface area contributed by atoms with Crippen LogP contribution in [0, 0.1) is 10.1 Å². The standard InChI is InChI=1S/C21H22N2O5/c24-20(22-14-15-3-6-17(7-4-15)23(25)26)21(9-1-2-10-21)16-5-8-18-19(13-16)28-12-11-27-18/h3-8,13H,1-2,9-12,14H2,(H,22,24). The number of nitro benzene ring substituents is 1. The number of hydrogen-bond acceptors (Lipinski definition) is 5. The molecule has 1 heterocycles. The Morgan fingerprint density at radius 1 is 1.04 bits per heavy atom. The highest BCUT2D eigenvalue weighted by atomic mass is 16.6. The van der Waals surface area contributed by atoms with Gasteiger partial charge in [-0.3, -0.25) is 14.9 Å². The predicted octanol–water partition coefficient (Wildman–Crippen LogP) is 3.49. The molecular formula is C21H22N2O5. The second kappa shape index (κ2) is 7.50. The van der Waals surface area contributed by atoms with E-state index in [0.29, 0.717) is 25.5 Å². The van der Waals surface area contributed by atoms with Crippen molar-refractivity contribution < 1.29 is 19.2 Å². The van der Waals surface area contributed by atoms with Crippen LogP contribution in [0.1, 0.15) is 36.8 Å². The molecule has 0 unspecified atom stereocenters. The molecular weight excluding hydrogens is 360 g/mol. The van der Waals surface area contributed by atoms with Crippen LogP contribution >= 0.6 is 0 Å². The summed E-state index contributed by atoms with van der Waals surface area (Å²) in [5.74, 6) is 1.40. The molecule has 4 rings (SSSR count). The summed E-state index contributed by atoms with van der Waals surface area (Å²) in [7, 11) is 0. The van der Waals surface area contributed by atoms with Crippen molar-refractivity contribution in [3.05, 3.63) is 63.7 Å². The Bertz CT molecular complexity index is 888. The van der Waals surface area contributed by atoms with Gasteiger partial charge in [0.2, 0.25) is 5.91 Å². The fraction of sp³-hybridized carbons (Fsp3) is 0.381. The van der Waals surface area contributed by atoms with Crippen LogP contribution in [0.2, 0.25) is 0 Å². The molecule has 0 saturated heterocycles. The lowest BCUT2D eigenvalue weighted by Gasteiger charge is -2.30. The van der Waals surface area contributed by atoms with Crippen molar-refractivity contribution in [3.8, 4) is 11.5 Å². The molecule has 0 spiro atoms. The van der Waals surface area contributed by atoms with Gasteiger partial charge in [-0.1, -0.05) is 31.0 Å². The molecule has 0 radical (unpaired) electrons. The van der Waals surface area contributed by atoms with E-state index in [2.05, 4.69) is 5.32 Å². The maximum atomic E-state index is 13.2. The summed E-state index contributed by atoms with van der Waals surface area (Å²) in [5.41, 5.74) is 1.25. The Labute approximate surface area is 162 Å². The van der Waals surface area contributed by atoms with Crippen molar-refractivity contribution in [3.63, 3.8) is 0 Å². The average molecular weight is 382 g/mol. The molecule has 1 saturated carbocycles. The van der Waals surface area contributed by atoms with Crippen molar-refractivity contribution in [2.45, 2.75) is 37.6 Å². The number of ether oxygens (including phenoxy) is 2. The zero-order chi connectivity index (χ0) is 19.6. The number of fused-ring (bicyclic) bond motifs is 1. The second-order valence-electron chi connectivity index (χ2n) is 7.25. The zero-order valence-corrected chi connectivity index (χ0v) is 15.5. The van der Waals surface area contributed by atoms with Gasteiger partial charge in [0.25, 0.3) is 5.69 Å². The fourth-order valence-electron chi connectivity index (χ4n) is 4.05. The minimum atomic E-state index is -0.573. The van der Waals surface area contributed by atoms with Gasteiger partial charge in [-0.2, -0.15) is 0 Å². The Balaban J connectivity index is 1.52. The molecule has 0 bridgehead atoms. The molecule has 1 aliphatic carbocycles. The molecule has 0 aromatic heterocycles. The van der Waals surface area contributed by atoms with Gasteiger partial charge < -0.3 is 14.8 Å². The number of carbonyl (C=O) groups is 1. The maximum Gasteiger partial charge on any atom is 0.269 e. The minimum Gasteiger partial charge on any atom is -0.486 e. The SMILES string of the molecule is O=C(NCc1ccc([N+](=O)[O-])cc1)C1(c2ccc3c(c2)OCCO3)CCCC1. The third-order valence-electron chi connectivity index (χ3n) is 5.59. The first-order valence-electron chi connectivity index (χ1n) is 9.50. The van der Waals surface area contributed by atoms with Crippen molar-refractivity contribution in [1.29, 1.82) is 0 Å². The fourth-order valence-corrected chi connectivity index (χ4v) is 4.05. The molecule has 2 aliphatic rings. The number of benzene rings is 2. The van der Waals surface area contributed by atoms with Crippen LogP contribution in [0.15, 0.2) is 42.5 Å². The number of amides is 1. The van der Waals surface area contributed by atoms with E-state index in [1.165, 1.54) is 12.1 Å². The summed E-state index contributed by atoms with van der Waals surface area (Å²) >= 11 is 0. The van der Waals surface area contributed by atoms with Gasteiger partial charge in [0.05, 0.1) is 10.3 Å². The first-order valence-corrected chi connectivity index (χ1v) is 9.50. The smallest absolute Gasteiger partial charge is 0.269 e. The first kappa shape index (κ1) is 18.3. The van der Waals surface area contributed by atoms with Gasteiger partial charge in [0.15, 0.2) is 11.5 Å². The Morgan fingerprint density at radius 3 is 2.39 bits per heavy atom. The molecule has 146 valence electrons. The van der Waals surface area contributed by atoms with Crippen molar-refractivity contribution >= 4 is 11.6 Å². The Morgan fingerprint density at radius 2 is 1.71 bits per heavy atom. The van der Waals surface area contributed by atoms with Gasteiger partial charge >= 0.3 is 0 Å². The molecule has 1 fully saturated rings. The summed E-state index contributed by atoms with van der Waals surface area (Å²) < 4.78 is 11.3. The molecule has 7 heteroatoms. The van der Waals surface area contributed by atoms with Crippen LogP contribution in [0.3, 0.4) is 0 Å². The highest BCUT2D eigenvalue weighted by Crippen LogP contribution is 2.44. The lowest BCUT2D eigenvalue weighted by Crippen LogP contribution is -2.42. The van der Waals surface area contributed by atoms with Gasteiger partial charge in [0.1, 0.15) is 13.2 Å². The normalized spacial score (nSPS) is 17.1. The van der Waals surface area contributed by atoms with E-state index in [9.17, 15) is 14.9 Å². The van der Waals surface area contributed by atoms with Crippen LogP contribution in [0.4, 0.5) is 5.69 Å². The van der Waals surface area contributed by atoms with E-state index in [1.54, 1.807) is 12.1 Å². The molecule has 2 aromatic carbocycles. The Kier molecular flexibility index (Phi) is 4.90. The monoisotopic (exact) mass is 382 g/mol. The largest absolute Gasteiger partial charge is 0.486 e. The van der Waals surface area contributed by atoms with E-state index in [0.717, 1.165) is 42.6 Å². The third kappa shape index (κ3) is 3.40. The molecule has 28 heavy (non-hydrogen) atoms. The highest BCUT2D eigenvalue weighted by Gasteiger charge is 2.43. The van der Waals surface area contributed by atoms with E-state index in [-0.39, 0.29) is 11.6 Å². The molecule has 1 N–H and O–H groups in total. The van der Waals surface area contributed by atoms with E-state index < -0.39 is 10.3 Å². The summed E-state index contributed by atoms with van der Waals surface area (Å²) in [6, 6.07) is 12.0. The van der Waals surface area contributed by atoms with Crippen LogP contribution in [0.5, 0.6) is 11.5 Å². The average Bonchev–Trinajstić information content (AvgIpc) is 3.23. The summed E-state index contributed by atoms with van der Waals surface area (Å²) in [5, 5.41) is 13.8. The zero-order valence-electron chi connectivity index (χ0n) is 15.5. The van der Waals surface area contributed by atoms with Crippen LogP contribution in [-0.4, -0.2) is 24.0 Å². The minimum absolute atomic E-state index is 0.0139. The van der Waals surface area contributed by atoms with Crippen LogP contribution < -0.4 is 14.8 Å². The third-order valence-corrected chi connectivity index (χ3v) is 5.59. The van der Waals surface area contributed by atoms with Crippen LogP contribution in [0.25, 0.3) is 0 Å². The number of carbonyl (C=O) groups excluding carboxylic acids is 1. The van der Waals surface area contributed by atoms with E-state index in [1.807, 2.05) is 18.2 Å². The second-order valence-corrected chi connectivity index (χ2v) is 7.25. The molecule has 2 aromatic rings. The highest BCUT2D eigenvalue weighted by molar-refractivity contribution is 5.88. The van der Waals surface area contributed by atoms with Gasteiger partial charge in [-0.15, -0.1) is 0 Å². The lowest BCUT2D eigenvalue weighted by atomic mass is 9.77. The first-order chi connectivity index (χ1) is 13.6. The maximum absolute atomic E-state index is 13.2. The number of nitrogens with zero attached hydrogens (tertiary/aromatic N) is 1. The summed E-state index contributed by atoms with van der Waals surface area (Å²) in [4.78, 5) is 23.5. The van der Waals surface area contributed by atoms with Gasteiger partial charge in [-0.05, 0) is 36.1 Å². The topological polar surface area (TPSA) is 90.7 Å². The molecule has 1 aliphatic heterocycles. The number of rotatable bonds is 5. The van der Waals surface area contributed by atoms with Crippen LogP contribution in [-0.2, 0) is 16.8 Å². The molecule has 7 nitrogen and oxygen atoms in total. The van der Waals surface area contributed by atoms with E-state index in [4.69, 9.17) is 9.47 Å². The van der Waals surface area contributed by atoms with Gasteiger partial charge in [-0.25, -0.2) is 0 Å². The summed E-state index contributed by atoms with van der Waals surface area (Å²) in [6.45, 7) is 1.38. The Hall–Kier alpha value is -3.09. The van der Waals surface area contributed by atoms with Crippen molar-refractivity contribution in [2.24, 2.45) is 0 Å². The van der Waals surface area contributed by atoms with Gasteiger partial charge in [0, 0.05) is 18.7 Å². The molecule has 1 amide bonds. The lowest BCUT2D eigenvalue weighted by molar-refractivity contribution is -0.384.